The fraction of sp³-hybridized carbons (Fsp3) is 0.630. The van der Waals surface area contributed by atoms with Gasteiger partial charge in [-0.25, -0.2) is 9.67 Å². The van der Waals surface area contributed by atoms with Gasteiger partial charge in [-0.2, -0.15) is 20.1 Å². The molecular weight excluding hydrogens is 595 g/mol. The molecule has 4 unspecified atom stereocenters. The zero-order valence-electron chi connectivity index (χ0n) is 21.7. The summed E-state index contributed by atoms with van der Waals surface area (Å²) in [5.41, 5.74) is 1.99. The van der Waals surface area contributed by atoms with Crippen LogP contribution < -0.4 is 9.80 Å². The van der Waals surface area contributed by atoms with E-state index in [9.17, 15) is 5.26 Å². The Bertz CT molecular complexity index is 1360. The number of piperidine rings is 1. The van der Waals surface area contributed by atoms with Gasteiger partial charge in [-0.1, -0.05) is 0 Å². The summed E-state index contributed by atoms with van der Waals surface area (Å²) in [6, 6.07) is 7.74. The third-order valence-corrected chi connectivity index (χ3v) is 9.45. The van der Waals surface area contributed by atoms with E-state index in [1.807, 2.05) is 21.6 Å². The Hall–Kier alpha value is -2.43. The summed E-state index contributed by atoms with van der Waals surface area (Å²) in [7, 11) is 0. The molecule has 4 saturated heterocycles. The van der Waals surface area contributed by atoms with Gasteiger partial charge in [-0.05, 0) is 74.5 Å². The lowest BCUT2D eigenvalue weighted by Gasteiger charge is -2.39. The Balaban J connectivity index is 1.35. The molecule has 0 saturated carbocycles. The number of pyridine rings is 1. The molecule has 38 heavy (non-hydrogen) atoms. The molecule has 3 aromatic heterocycles. The molecule has 7 heterocycles. The van der Waals surface area contributed by atoms with Crippen LogP contribution in [0.2, 0.25) is 0 Å². The maximum absolute atomic E-state index is 9.56. The average molecular weight is 629 g/mol. The quantitative estimate of drug-likeness (QED) is 0.392. The lowest BCUT2D eigenvalue weighted by Crippen LogP contribution is -2.46. The lowest BCUT2D eigenvalue weighted by molar-refractivity contribution is -0.0395. The molecule has 0 spiro atoms. The Morgan fingerprint density at radius 1 is 1.08 bits per heavy atom. The normalized spacial score (nSPS) is 29.7. The van der Waals surface area contributed by atoms with E-state index >= 15 is 0 Å². The molecule has 0 amide bonds. The highest BCUT2D eigenvalue weighted by atomic mass is 127. The molecule has 200 valence electrons. The van der Waals surface area contributed by atoms with Crippen molar-refractivity contribution in [3.8, 4) is 11.9 Å². The lowest BCUT2D eigenvalue weighted by atomic mass is 9.92. The molecular formula is C27H33IN8O2. The highest BCUT2D eigenvalue weighted by molar-refractivity contribution is 14.1. The van der Waals surface area contributed by atoms with E-state index in [2.05, 4.69) is 51.5 Å². The number of nitriles is 1. The number of anilines is 2. The average Bonchev–Trinajstić information content (AvgIpc) is 3.63. The van der Waals surface area contributed by atoms with Crippen LogP contribution in [-0.4, -0.2) is 69.0 Å². The van der Waals surface area contributed by atoms with Gasteiger partial charge < -0.3 is 19.3 Å². The van der Waals surface area contributed by atoms with Gasteiger partial charge in [-0.3, -0.25) is 0 Å². The summed E-state index contributed by atoms with van der Waals surface area (Å²) < 4.78 is 16.6. The summed E-state index contributed by atoms with van der Waals surface area (Å²) in [6.45, 7) is 5.36. The highest BCUT2D eigenvalue weighted by Gasteiger charge is 2.39. The standard InChI is InChI=1S/C27H33IN8O2/c1-17-12-18(14-29)7-9-33(17)21-13-23(35-19-5-6-20(35)16-37-15-19)30-27-25(21)26(28)32-36(27)22-8-10-34(31-22)24-4-2-3-11-38-24/h8,10,13,17-20,24H,2-7,9,11-12,15-16H2,1H3/t17-,18?,19?,20?,24?/m1/s1. The number of ether oxygens (including phenoxy) is 2. The van der Waals surface area contributed by atoms with Crippen molar-refractivity contribution in [2.45, 2.75) is 76.2 Å². The number of hydrogen-bond acceptors (Lipinski definition) is 8. The van der Waals surface area contributed by atoms with Gasteiger partial charge in [0.1, 0.15) is 15.7 Å². The maximum Gasteiger partial charge on any atom is 0.177 e. The predicted octanol–water partition coefficient (Wildman–Crippen LogP) is 4.42. The van der Waals surface area contributed by atoms with Crippen molar-refractivity contribution in [2.75, 3.05) is 36.2 Å². The van der Waals surface area contributed by atoms with E-state index < -0.39 is 0 Å². The second kappa shape index (κ2) is 9.95. The van der Waals surface area contributed by atoms with Crippen LogP contribution in [-0.2, 0) is 9.47 Å². The van der Waals surface area contributed by atoms with Crippen LogP contribution in [0.1, 0.15) is 58.1 Å². The van der Waals surface area contributed by atoms with E-state index in [4.69, 9.17) is 24.7 Å². The first-order valence-corrected chi connectivity index (χ1v) is 15.0. The zero-order chi connectivity index (χ0) is 25.8. The maximum atomic E-state index is 9.56. The van der Waals surface area contributed by atoms with Gasteiger partial charge >= 0.3 is 0 Å². The molecule has 5 atom stereocenters. The van der Waals surface area contributed by atoms with Crippen molar-refractivity contribution in [2.24, 2.45) is 5.92 Å². The number of aromatic nitrogens is 5. The highest BCUT2D eigenvalue weighted by Crippen LogP contribution is 2.41. The molecule has 3 aromatic rings. The molecule has 0 radical (unpaired) electrons. The van der Waals surface area contributed by atoms with E-state index in [1.165, 1.54) is 0 Å². The number of rotatable bonds is 4. The summed E-state index contributed by atoms with van der Waals surface area (Å²) in [5, 5.41) is 20.5. The number of hydrogen-bond donors (Lipinski definition) is 0. The third kappa shape index (κ3) is 4.16. The molecule has 0 aliphatic carbocycles. The minimum Gasteiger partial charge on any atom is -0.377 e. The van der Waals surface area contributed by atoms with Gasteiger partial charge in [0.25, 0.3) is 0 Å². The van der Waals surface area contributed by atoms with Gasteiger partial charge in [0, 0.05) is 43.4 Å². The van der Waals surface area contributed by atoms with E-state index in [-0.39, 0.29) is 18.2 Å². The van der Waals surface area contributed by atoms with E-state index in [0.717, 1.165) is 103 Å². The van der Waals surface area contributed by atoms with E-state index in [1.54, 1.807) is 0 Å². The van der Waals surface area contributed by atoms with Gasteiger partial charge in [0.15, 0.2) is 11.5 Å². The molecule has 7 rings (SSSR count). The SMILES string of the molecule is C[C@@H]1CC(C#N)CCN1c1cc(N2C3CCC2COC3)nc2c1c(I)nn2-c1ccn(C2CCCCO2)n1. The van der Waals surface area contributed by atoms with Crippen molar-refractivity contribution in [1.29, 1.82) is 5.26 Å². The molecule has 11 heteroatoms. The van der Waals surface area contributed by atoms with Crippen molar-refractivity contribution >= 4 is 45.1 Å². The molecule has 0 N–H and O–H groups in total. The first-order valence-electron chi connectivity index (χ1n) is 13.9. The predicted molar refractivity (Wildman–Crippen MR) is 151 cm³/mol. The van der Waals surface area contributed by atoms with Gasteiger partial charge in [-0.15, -0.1) is 0 Å². The largest absolute Gasteiger partial charge is 0.377 e. The minimum atomic E-state index is -0.0243. The molecule has 4 fully saturated rings. The van der Waals surface area contributed by atoms with Crippen LogP contribution >= 0.6 is 22.6 Å². The second-order valence-corrected chi connectivity index (χ2v) is 12.1. The van der Waals surface area contributed by atoms with Crippen LogP contribution in [0.4, 0.5) is 11.5 Å². The van der Waals surface area contributed by atoms with Gasteiger partial charge in [0.2, 0.25) is 0 Å². The molecule has 10 nitrogen and oxygen atoms in total. The van der Waals surface area contributed by atoms with E-state index in [0.29, 0.717) is 12.1 Å². The summed E-state index contributed by atoms with van der Waals surface area (Å²) in [4.78, 5) is 10.2. The molecule has 4 aliphatic rings. The first kappa shape index (κ1) is 24.6. The smallest absolute Gasteiger partial charge is 0.177 e. The minimum absolute atomic E-state index is 0.0243. The van der Waals surface area contributed by atoms with Crippen LogP contribution in [0.15, 0.2) is 18.3 Å². The van der Waals surface area contributed by atoms with Crippen molar-refractivity contribution in [3.05, 3.63) is 22.0 Å². The van der Waals surface area contributed by atoms with Crippen molar-refractivity contribution in [3.63, 3.8) is 0 Å². The monoisotopic (exact) mass is 628 g/mol. The Morgan fingerprint density at radius 2 is 1.92 bits per heavy atom. The number of nitrogens with zero attached hydrogens (tertiary/aromatic N) is 8. The number of fused-ring (bicyclic) bond motifs is 3. The van der Waals surface area contributed by atoms with Crippen molar-refractivity contribution in [1.82, 2.24) is 24.5 Å². The van der Waals surface area contributed by atoms with Crippen LogP contribution in [0.3, 0.4) is 0 Å². The summed E-state index contributed by atoms with van der Waals surface area (Å²) >= 11 is 2.34. The summed E-state index contributed by atoms with van der Waals surface area (Å²) in [6.07, 6.45) is 9.21. The molecule has 0 aromatic carbocycles. The zero-order valence-corrected chi connectivity index (χ0v) is 23.8. The fourth-order valence-corrected chi connectivity index (χ4v) is 7.48. The van der Waals surface area contributed by atoms with Crippen LogP contribution in [0.25, 0.3) is 16.9 Å². The van der Waals surface area contributed by atoms with Crippen LogP contribution in [0.5, 0.6) is 0 Å². The topological polar surface area (TPSA) is 97.3 Å². The number of morpholine rings is 1. The fourth-order valence-electron chi connectivity index (χ4n) is 6.74. The van der Waals surface area contributed by atoms with Crippen molar-refractivity contribution < 1.29 is 9.47 Å². The Kier molecular flexibility index (Phi) is 6.44. The Labute approximate surface area is 236 Å². The van der Waals surface area contributed by atoms with Crippen LogP contribution in [0, 0.1) is 20.9 Å². The van der Waals surface area contributed by atoms with Gasteiger partial charge in [0.05, 0.1) is 42.4 Å². The number of halogens is 1. The summed E-state index contributed by atoms with van der Waals surface area (Å²) in [5.74, 6) is 1.86. The second-order valence-electron chi connectivity index (χ2n) is 11.1. The molecule has 2 bridgehead atoms. The molecule has 4 aliphatic heterocycles. The Morgan fingerprint density at radius 3 is 2.66 bits per heavy atom. The first-order chi connectivity index (χ1) is 18.6. The third-order valence-electron chi connectivity index (χ3n) is 8.70.